The maximum Gasteiger partial charge on any atom is 0.338 e. The zero-order valence-corrected chi connectivity index (χ0v) is 14.5. The van der Waals surface area contributed by atoms with Crippen molar-refractivity contribution < 1.29 is 19.1 Å². The average molecular weight is 342 g/mol. The third kappa shape index (κ3) is 5.91. The molecular formula is C19H22N2O4. The summed E-state index contributed by atoms with van der Waals surface area (Å²) in [5.41, 5.74) is 1.42. The van der Waals surface area contributed by atoms with E-state index in [2.05, 4.69) is 10.3 Å². The zero-order chi connectivity index (χ0) is 18.1. The van der Waals surface area contributed by atoms with Crippen LogP contribution in [0.3, 0.4) is 0 Å². The van der Waals surface area contributed by atoms with E-state index in [1.54, 1.807) is 13.0 Å². The van der Waals surface area contributed by atoms with Gasteiger partial charge in [0.1, 0.15) is 11.6 Å². The predicted molar refractivity (Wildman–Crippen MR) is 94.7 cm³/mol. The van der Waals surface area contributed by atoms with Crippen molar-refractivity contribution in [2.24, 2.45) is 0 Å². The van der Waals surface area contributed by atoms with Gasteiger partial charge < -0.3 is 14.8 Å². The monoisotopic (exact) mass is 342 g/mol. The van der Waals surface area contributed by atoms with Gasteiger partial charge in [-0.15, -0.1) is 0 Å². The molecule has 0 saturated heterocycles. The number of aromatic nitrogens is 1. The predicted octanol–water partition coefficient (Wildman–Crippen LogP) is 3.36. The molecule has 2 rings (SSSR count). The van der Waals surface area contributed by atoms with Crippen LogP contribution >= 0.6 is 0 Å². The molecular weight excluding hydrogens is 320 g/mol. The van der Waals surface area contributed by atoms with Crippen molar-refractivity contribution in [1.29, 1.82) is 0 Å². The summed E-state index contributed by atoms with van der Waals surface area (Å²) in [5, 5.41) is 2.68. The lowest BCUT2D eigenvalue weighted by Gasteiger charge is -2.09. The number of pyridine rings is 1. The van der Waals surface area contributed by atoms with Crippen LogP contribution in [0.5, 0.6) is 5.75 Å². The molecule has 0 atom stereocenters. The van der Waals surface area contributed by atoms with E-state index in [0.717, 1.165) is 11.3 Å². The SMILES string of the molecule is CCOC(=O)c1ccnc(NC(=O)CCCOc2ccccc2C)c1. The summed E-state index contributed by atoms with van der Waals surface area (Å²) >= 11 is 0. The molecule has 0 aliphatic heterocycles. The van der Waals surface area contributed by atoms with E-state index in [1.165, 1.54) is 12.3 Å². The lowest BCUT2D eigenvalue weighted by atomic mass is 10.2. The Kier molecular flexibility index (Phi) is 6.95. The zero-order valence-electron chi connectivity index (χ0n) is 14.5. The van der Waals surface area contributed by atoms with E-state index < -0.39 is 5.97 Å². The minimum Gasteiger partial charge on any atom is -0.493 e. The van der Waals surface area contributed by atoms with Gasteiger partial charge in [0.05, 0.1) is 18.8 Å². The molecule has 2 aromatic rings. The van der Waals surface area contributed by atoms with Crippen LogP contribution in [0.25, 0.3) is 0 Å². The summed E-state index contributed by atoms with van der Waals surface area (Å²) in [6.45, 7) is 4.46. The van der Waals surface area contributed by atoms with Gasteiger partial charge >= 0.3 is 5.97 Å². The number of benzene rings is 1. The number of hydrogen-bond acceptors (Lipinski definition) is 5. The number of ether oxygens (including phenoxy) is 2. The summed E-state index contributed by atoms with van der Waals surface area (Å²) in [7, 11) is 0. The van der Waals surface area contributed by atoms with Crippen LogP contribution in [0.4, 0.5) is 5.82 Å². The Bertz CT molecular complexity index is 731. The van der Waals surface area contributed by atoms with Crippen LogP contribution in [-0.4, -0.2) is 30.1 Å². The van der Waals surface area contributed by atoms with Crippen molar-refractivity contribution in [1.82, 2.24) is 4.98 Å². The van der Waals surface area contributed by atoms with Crippen LogP contribution < -0.4 is 10.1 Å². The van der Waals surface area contributed by atoms with Crippen molar-refractivity contribution in [2.75, 3.05) is 18.5 Å². The fourth-order valence-electron chi connectivity index (χ4n) is 2.18. The number of anilines is 1. The number of esters is 1. The summed E-state index contributed by atoms with van der Waals surface area (Å²) in [4.78, 5) is 27.7. The van der Waals surface area contributed by atoms with Crippen LogP contribution in [0, 0.1) is 6.92 Å². The van der Waals surface area contributed by atoms with Crippen LogP contribution in [0.1, 0.15) is 35.7 Å². The van der Waals surface area contributed by atoms with Crippen LogP contribution in [0.15, 0.2) is 42.6 Å². The lowest BCUT2D eigenvalue weighted by Crippen LogP contribution is -2.14. The molecule has 1 aromatic carbocycles. The van der Waals surface area contributed by atoms with Crippen molar-refractivity contribution >= 4 is 17.7 Å². The number of carbonyl (C=O) groups is 2. The molecule has 0 aliphatic carbocycles. The van der Waals surface area contributed by atoms with E-state index >= 15 is 0 Å². The number of nitrogens with zero attached hydrogens (tertiary/aromatic N) is 1. The Morgan fingerprint density at radius 2 is 2.00 bits per heavy atom. The molecule has 25 heavy (non-hydrogen) atoms. The van der Waals surface area contributed by atoms with Crippen LogP contribution in [-0.2, 0) is 9.53 Å². The second-order valence-electron chi connectivity index (χ2n) is 5.42. The molecule has 0 aliphatic rings. The number of carbonyl (C=O) groups excluding carboxylic acids is 2. The van der Waals surface area contributed by atoms with Gasteiger partial charge in [-0.25, -0.2) is 9.78 Å². The molecule has 0 bridgehead atoms. The standard InChI is InChI=1S/C19H22N2O4/c1-3-24-19(23)15-10-11-20-17(13-15)21-18(22)9-6-12-25-16-8-5-4-7-14(16)2/h4-5,7-8,10-11,13H,3,6,9,12H2,1-2H3,(H,20,21,22). The fraction of sp³-hybridized carbons (Fsp3) is 0.316. The van der Waals surface area contributed by atoms with E-state index in [9.17, 15) is 9.59 Å². The summed E-state index contributed by atoms with van der Waals surface area (Å²) < 4.78 is 10.6. The van der Waals surface area contributed by atoms with Gasteiger partial charge in [-0.05, 0) is 44.0 Å². The smallest absolute Gasteiger partial charge is 0.338 e. The number of nitrogens with one attached hydrogen (secondary N) is 1. The van der Waals surface area contributed by atoms with Gasteiger partial charge in [-0.3, -0.25) is 4.79 Å². The van der Waals surface area contributed by atoms with Gasteiger partial charge in [0.2, 0.25) is 5.91 Å². The molecule has 0 radical (unpaired) electrons. The van der Waals surface area contributed by atoms with Crippen molar-refractivity contribution in [3.63, 3.8) is 0 Å². The molecule has 1 amide bonds. The number of rotatable bonds is 8. The van der Waals surface area contributed by atoms with Gasteiger partial charge in [0, 0.05) is 12.6 Å². The molecule has 6 heteroatoms. The second-order valence-corrected chi connectivity index (χ2v) is 5.42. The Balaban J connectivity index is 1.77. The molecule has 1 heterocycles. The minimum absolute atomic E-state index is 0.179. The van der Waals surface area contributed by atoms with Gasteiger partial charge in [0.25, 0.3) is 0 Å². The molecule has 132 valence electrons. The highest BCUT2D eigenvalue weighted by molar-refractivity contribution is 5.93. The number of aryl methyl sites for hydroxylation is 1. The summed E-state index contributed by atoms with van der Waals surface area (Å²) in [6, 6.07) is 10.8. The molecule has 0 fully saturated rings. The van der Waals surface area contributed by atoms with E-state index in [0.29, 0.717) is 37.4 Å². The quantitative estimate of drug-likeness (QED) is 0.588. The Hall–Kier alpha value is -2.89. The van der Waals surface area contributed by atoms with Gasteiger partial charge in [0.15, 0.2) is 0 Å². The molecule has 0 spiro atoms. The highest BCUT2D eigenvalue weighted by Gasteiger charge is 2.09. The highest BCUT2D eigenvalue weighted by Crippen LogP contribution is 2.16. The van der Waals surface area contributed by atoms with E-state index in [-0.39, 0.29) is 5.91 Å². The third-order valence-corrected chi connectivity index (χ3v) is 3.44. The topological polar surface area (TPSA) is 77.5 Å². The van der Waals surface area contributed by atoms with Gasteiger partial charge in [-0.2, -0.15) is 0 Å². The second kappa shape index (κ2) is 9.42. The maximum atomic E-state index is 12.0. The molecule has 1 aromatic heterocycles. The number of para-hydroxylation sites is 1. The van der Waals surface area contributed by atoms with Crippen LogP contribution in [0.2, 0.25) is 0 Å². The number of amides is 1. The third-order valence-electron chi connectivity index (χ3n) is 3.44. The lowest BCUT2D eigenvalue weighted by molar-refractivity contribution is -0.116. The Morgan fingerprint density at radius 1 is 1.20 bits per heavy atom. The maximum absolute atomic E-state index is 12.0. The first-order chi connectivity index (χ1) is 12.1. The summed E-state index contributed by atoms with van der Waals surface area (Å²) in [5.74, 6) is 0.538. The van der Waals surface area contributed by atoms with E-state index in [1.807, 2.05) is 31.2 Å². The Morgan fingerprint density at radius 3 is 2.76 bits per heavy atom. The first-order valence-electron chi connectivity index (χ1n) is 8.21. The largest absolute Gasteiger partial charge is 0.493 e. The first-order valence-corrected chi connectivity index (χ1v) is 8.21. The summed E-state index contributed by atoms with van der Waals surface area (Å²) in [6.07, 6.45) is 2.35. The fourth-order valence-corrected chi connectivity index (χ4v) is 2.18. The minimum atomic E-state index is -0.438. The number of hydrogen-bond donors (Lipinski definition) is 1. The van der Waals surface area contributed by atoms with Crippen molar-refractivity contribution in [3.05, 3.63) is 53.7 Å². The highest BCUT2D eigenvalue weighted by atomic mass is 16.5. The Labute approximate surface area is 147 Å². The van der Waals surface area contributed by atoms with E-state index in [4.69, 9.17) is 9.47 Å². The molecule has 1 N–H and O–H groups in total. The molecule has 0 saturated carbocycles. The normalized spacial score (nSPS) is 10.2. The van der Waals surface area contributed by atoms with Crippen molar-refractivity contribution in [3.8, 4) is 5.75 Å². The van der Waals surface area contributed by atoms with Crippen molar-refractivity contribution in [2.45, 2.75) is 26.7 Å². The average Bonchev–Trinajstić information content (AvgIpc) is 2.60. The van der Waals surface area contributed by atoms with Gasteiger partial charge in [-0.1, -0.05) is 18.2 Å². The molecule has 6 nitrogen and oxygen atoms in total. The first kappa shape index (κ1) is 18.4. The molecule has 0 unspecified atom stereocenters.